The number of nitrogens with zero attached hydrogens (tertiary/aromatic N) is 1. The molecular formula is C14H11BrN2S. The number of hydrogen-bond donors (Lipinski definition) is 1. The number of anilines is 1. The van der Waals surface area contributed by atoms with Crippen molar-refractivity contribution in [3.05, 3.63) is 46.4 Å². The van der Waals surface area contributed by atoms with Crippen molar-refractivity contribution in [1.29, 1.82) is 0 Å². The van der Waals surface area contributed by atoms with E-state index in [4.69, 9.17) is 5.73 Å². The Morgan fingerprint density at radius 1 is 1.17 bits per heavy atom. The third-order valence-corrected chi connectivity index (χ3v) is 4.51. The Hall–Kier alpha value is -1.39. The van der Waals surface area contributed by atoms with Gasteiger partial charge in [-0.1, -0.05) is 22.0 Å². The molecule has 18 heavy (non-hydrogen) atoms. The van der Waals surface area contributed by atoms with Crippen molar-refractivity contribution < 1.29 is 0 Å². The summed E-state index contributed by atoms with van der Waals surface area (Å²) in [5, 5.41) is 0.995. The summed E-state index contributed by atoms with van der Waals surface area (Å²) in [6, 6.07) is 12.1. The molecule has 0 spiro atoms. The lowest BCUT2D eigenvalue weighted by Gasteiger charge is -2.01. The minimum absolute atomic E-state index is 0.753. The second-order valence-electron chi connectivity index (χ2n) is 4.23. The second kappa shape index (κ2) is 4.37. The number of nitrogen functional groups attached to an aromatic ring is 1. The lowest BCUT2D eigenvalue weighted by Crippen LogP contribution is -1.86. The van der Waals surface area contributed by atoms with E-state index in [2.05, 4.69) is 46.0 Å². The first-order valence-electron chi connectivity index (χ1n) is 5.56. The van der Waals surface area contributed by atoms with Crippen LogP contribution in [0.2, 0.25) is 0 Å². The van der Waals surface area contributed by atoms with E-state index in [1.165, 1.54) is 10.3 Å². The lowest BCUT2D eigenvalue weighted by molar-refractivity contribution is 1.45. The summed E-state index contributed by atoms with van der Waals surface area (Å²) in [5.74, 6) is 0. The number of thiazole rings is 1. The van der Waals surface area contributed by atoms with Gasteiger partial charge in [-0.2, -0.15) is 0 Å². The minimum Gasteiger partial charge on any atom is -0.399 e. The largest absolute Gasteiger partial charge is 0.399 e. The number of halogens is 1. The van der Waals surface area contributed by atoms with Gasteiger partial charge in [0.05, 0.1) is 10.2 Å². The molecular weight excluding hydrogens is 308 g/mol. The molecule has 0 fully saturated rings. The number of aryl methyl sites for hydroxylation is 1. The molecule has 0 saturated heterocycles. The van der Waals surface area contributed by atoms with Crippen LogP contribution in [0.1, 0.15) is 5.56 Å². The molecule has 3 aromatic rings. The number of hydrogen-bond acceptors (Lipinski definition) is 3. The van der Waals surface area contributed by atoms with E-state index in [-0.39, 0.29) is 0 Å². The van der Waals surface area contributed by atoms with Crippen molar-refractivity contribution in [3.8, 4) is 10.6 Å². The number of nitrogens with two attached hydrogens (primary N) is 1. The molecule has 0 atom stereocenters. The highest BCUT2D eigenvalue weighted by molar-refractivity contribution is 9.10. The van der Waals surface area contributed by atoms with E-state index in [1.54, 1.807) is 11.3 Å². The zero-order valence-electron chi connectivity index (χ0n) is 9.77. The third-order valence-electron chi connectivity index (χ3n) is 2.76. The first-order valence-corrected chi connectivity index (χ1v) is 7.17. The van der Waals surface area contributed by atoms with Crippen LogP contribution in [0.4, 0.5) is 5.69 Å². The van der Waals surface area contributed by atoms with Gasteiger partial charge in [0.15, 0.2) is 0 Å². The normalized spacial score (nSPS) is 11.0. The van der Waals surface area contributed by atoms with Gasteiger partial charge in [-0.15, -0.1) is 11.3 Å². The average Bonchev–Trinajstić information content (AvgIpc) is 2.74. The number of fused-ring (bicyclic) bond motifs is 1. The highest BCUT2D eigenvalue weighted by Gasteiger charge is 2.09. The van der Waals surface area contributed by atoms with Gasteiger partial charge in [0, 0.05) is 15.7 Å². The van der Waals surface area contributed by atoms with Gasteiger partial charge in [0.1, 0.15) is 5.01 Å². The van der Waals surface area contributed by atoms with Gasteiger partial charge in [-0.3, -0.25) is 0 Å². The van der Waals surface area contributed by atoms with E-state index in [9.17, 15) is 0 Å². The standard InChI is InChI=1S/C14H11BrN2S/c1-8-2-5-12-13(6-8)18-14(17-12)10-7-9(16)3-4-11(10)15/h2-7H,16H2,1H3. The molecule has 0 unspecified atom stereocenters. The van der Waals surface area contributed by atoms with Gasteiger partial charge in [0.2, 0.25) is 0 Å². The van der Waals surface area contributed by atoms with Gasteiger partial charge >= 0.3 is 0 Å². The molecule has 2 aromatic carbocycles. The van der Waals surface area contributed by atoms with Crippen LogP contribution in [0.5, 0.6) is 0 Å². The third kappa shape index (κ3) is 2.02. The highest BCUT2D eigenvalue weighted by atomic mass is 79.9. The van der Waals surface area contributed by atoms with Gasteiger partial charge in [-0.05, 0) is 42.8 Å². The Morgan fingerprint density at radius 2 is 2.00 bits per heavy atom. The molecule has 1 aromatic heterocycles. The molecule has 3 rings (SSSR count). The van der Waals surface area contributed by atoms with Crippen LogP contribution in [0, 0.1) is 6.92 Å². The first kappa shape index (κ1) is 11.7. The average molecular weight is 319 g/mol. The summed E-state index contributed by atoms with van der Waals surface area (Å²) in [5.41, 5.74) is 9.93. The first-order chi connectivity index (χ1) is 8.63. The van der Waals surface area contributed by atoms with Crippen molar-refractivity contribution in [3.63, 3.8) is 0 Å². The van der Waals surface area contributed by atoms with Crippen molar-refractivity contribution in [2.75, 3.05) is 5.73 Å². The van der Waals surface area contributed by atoms with Crippen LogP contribution in [-0.2, 0) is 0 Å². The zero-order valence-corrected chi connectivity index (χ0v) is 12.2. The van der Waals surface area contributed by atoms with Crippen LogP contribution in [0.25, 0.3) is 20.8 Å². The van der Waals surface area contributed by atoms with Crippen LogP contribution in [0.15, 0.2) is 40.9 Å². The maximum Gasteiger partial charge on any atom is 0.125 e. The Bertz CT molecular complexity index is 734. The predicted molar refractivity (Wildman–Crippen MR) is 81.9 cm³/mol. The molecule has 0 aliphatic rings. The molecule has 0 aliphatic heterocycles. The van der Waals surface area contributed by atoms with E-state index >= 15 is 0 Å². The van der Waals surface area contributed by atoms with Crippen LogP contribution < -0.4 is 5.73 Å². The van der Waals surface area contributed by atoms with Crippen molar-refractivity contribution >= 4 is 43.2 Å². The van der Waals surface area contributed by atoms with E-state index in [0.29, 0.717) is 0 Å². The molecule has 4 heteroatoms. The fraction of sp³-hybridized carbons (Fsp3) is 0.0714. The highest BCUT2D eigenvalue weighted by Crippen LogP contribution is 2.35. The Morgan fingerprint density at radius 3 is 2.83 bits per heavy atom. The Kier molecular flexibility index (Phi) is 2.84. The summed E-state index contributed by atoms with van der Waals surface area (Å²) < 4.78 is 2.23. The van der Waals surface area contributed by atoms with Crippen molar-refractivity contribution in [1.82, 2.24) is 4.98 Å². The lowest BCUT2D eigenvalue weighted by atomic mass is 10.2. The number of benzene rings is 2. The van der Waals surface area contributed by atoms with Gasteiger partial charge in [-0.25, -0.2) is 4.98 Å². The maximum atomic E-state index is 5.84. The fourth-order valence-corrected chi connectivity index (χ4v) is 3.51. The fourth-order valence-electron chi connectivity index (χ4n) is 1.85. The predicted octanol–water partition coefficient (Wildman–Crippen LogP) is 4.62. The van der Waals surface area contributed by atoms with Crippen LogP contribution in [-0.4, -0.2) is 4.98 Å². The van der Waals surface area contributed by atoms with Gasteiger partial charge in [0.25, 0.3) is 0 Å². The van der Waals surface area contributed by atoms with Crippen LogP contribution in [0.3, 0.4) is 0 Å². The molecule has 1 heterocycles. The van der Waals surface area contributed by atoms with E-state index in [0.717, 1.165) is 26.2 Å². The molecule has 2 nitrogen and oxygen atoms in total. The molecule has 0 amide bonds. The van der Waals surface area contributed by atoms with Crippen LogP contribution >= 0.6 is 27.3 Å². The number of rotatable bonds is 1. The van der Waals surface area contributed by atoms with Crippen molar-refractivity contribution in [2.24, 2.45) is 0 Å². The molecule has 0 saturated carbocycles. The molecule has 0 bridgehead atoms. The van der Waals surface area contributed by atoms with Crippen molar-refractivity contribution in [2.45, 2.75) is 6.92 Å². The summed E-state index contributed by atoms with van der Waals surface area (Å²) in [6.45, 7) is 2.09. The molecule has 0 aliphatic carbocycles. The SMILES string of the molecule is Cc1ccc2nc(-c3cc(N)ccc3Br)sc2c1. The van der Waals surface area contributed by atoms with Gasteiger partial charge < -0.3 is 5.73 Å². The minimum atomic E-state index is 0.753. The molecule has 0 radical (unpaired) electrons. The Labute approximate surface area is 118 Å². The summed E-state index contributed by atoms with van der Waals surface area (Å²) in [6.07, 6.45) is 0. The Balaban J connectivity index is 2.22. The smallest absolute Gasteiger partial charge is 0.125 e. The van der Waals surface area contributed by atoms with E-state index in [1.807, 2.05) is 18.2 Å². The summed E-state index contributed by atoms with van der Waals surface area (Å²) in [4.78, 5) is 4.66. The molecule has 2 N–H and O–H groups in total. The summed E-state index contributed by atoms with van der Waals surface area (Å²) in [7, 11) is 0. The van der Waals surface area contributed by atoms with E-state index < -0.39 is 0 Å². The monoisotopic (exact) mass is 318 g/mol. The summed E-state index contributed by atoms with van der Waals surface area (Å²) >= 11 is 5.24. The quantitative estimate of drug-likeness (QED) is 0.665. The topological polar surface area (TPSA) is 38.9 Å². The molecule has 90 valence electrons. The number of aromatic nitrogens is 1. The maximum absolute atomic E-state index is 5.84. The second-order valence-corrected chi connectivity index (χ2v) is 6.11. The zero-order chi connectivity index (χ0) is 12.7.